The van der Waals surface area contributed by atoms with Crippen LogP contribution in [-0.2, 0) is 4.79 Å². The zero-order valence-electron chi connectivity index (χ0n) is 20.3. The maximum atomic E-state index is 14.3. The molecule has 8 nitrogen and oxygen atoms in total. The summed E-state index contributed by atoms with van der Waals surface area (Å²) in [7, 11) is 3.24. The summed E-state index contributed by atoms with van der Waals surface area (Å²) in [5, 5.41) is 3.15. The molecule has 2 amide bonds. The fourth-order valence-electron chi connectivity index (χ4n) is 4.32. The molecule has 0 bridgehead atoms. The normalized spacial score (nSPS) is 17.7. The Morgan fingerprint density at radius 2 is 1.94 bits per heavy atom. The lowest BCUT2D eigenvalue weighted by Gasteiger charge is -2.37. The van der Waals surface area contributed by atoms with Crippen LogP contribution in [0, 0.1) is 5.82 Å². The second kappa shape index (κ2) is 10.2. The van der Waals surface area contributed by atoms with E-state index >= 15 is 0 Å². The molecule has 0 radical (unpaired) electrons. The third-order valence-corrected chi connectivity index (χ3v) is 6.18. The number of carbonyl (C=O) groups excluding carboxylic acids is 2. The van der Waals surface area contributed by atoms with E-state index in [9.17, 15) is 14.0 Å². The van der Waals surface area contributed by atoms with Crippen LogP contribution in [0.2, 0.25) is 0 Å². The standard InChI is InChI=1S/C26H29FN6O2/c1-16-7-8-19(15-33(16)17(2)34)25-30-23(18-6-5-9-28-14-18)13-24(31-25)29-22-11-20(10-21(27)12-22)26(35)32(3)4/h5-6,9-14,16,19H,7-8,15H2,1-4H3,(H,29,30,31)/t16-,19+/m0/s1. The fourth-order valence-corrected chi connectivity index (χ4v) is 4.32. The predicted molar refractivity (Wildman–Crippen MR) is 132 cm³/mol. The predicted octanol–water partition coefficient (Wildman–Crippen LogP) is 4.24. The number of nitrogens with zero attached hydrogens (tertiary/aromatic N) is 5. The number of rotatable bonds is 5. The van der Waals surface area contributed by atoms with Gasteiger partial charge in [0.15, 0.2) is 0 Å². The number of piperidine rings is 1. The SMILES string of the molecule is CC(=O)N1C[C@H](c2nc(Nc3cc(F)cc(C(=O)N(C)C)c3)cc(-c3cccnc3)n2)CC[C@@H]1C. The second-order valence-corrected chi connectivity index (χ2v) is 9.09. The maximum absolute atomic E-state index is 14.3. The van der Waals surface area contributed by atoms with E-state index < -0.39 is 5.82 Å². The average Bonchev–Trinajstić information content (AvgIpc) is 2.83. The molecule has 1 aromatic carbocycles. The molecule has 2 atom stereocenters. The van der Waals surface area contributed by atoms with Gasteiger partial charge < -0.3 is 15.1 Å². The first-order chi connectivity index (χ1) is 16.7. The Kier molecular flexibility index (Phi) is 7.04. The minimum Gasteiger partial charge on any atom is -0.345 e. The van der Waals surface area contributed by atoms with Crippen molar-refractivity contribution in [2.24, 2.45) is 0 Å². The van der Waals surface area contributed by atoms with Gasteiger partial charge in [-0.25, -0.2) is 14.4 Å². The lowest BCUT2D eigenvalue weighted by atomic mass is 9.92. The van der Waals surface area contributed by atoms with Crippen LogP contribution in [0.5, 0.6) is 0 Å². The Bertz CT molecular complexity index is 1230. The number of hydrogen-bond donors (Lipinski definition) is 1. The zero-order chi connectivity index (χ0) is 25.1. The Labute approximate surface area is 204 Å². The highest BCUT2D eigenvalue weighted by Gasteiger charge is 2.30. The summed E-state index contributed by atoms with van der Waals surface area (Å²) in [4.78, 5) is 41.5. The molecule has 0 saturated carbocycles. The molecule has 1 aliphatic heterocycles. The molecular weight excluding hydrogens is 447 g/mol. The lowest BCUT2D eigenvalue weighted by Crippen LogP contribution is -2.44. The van der Waals surface area contributed by atoms with Gasteiger partial charge in [-0.05, 0) is 50.1 Å². The summed E-state index contributed by atoms with van der Waals surface area (Å²) in [6, 6.07) is 9.79. The highest BCUT2D eigenvalue weighted by Crippen LogP contribution is 2.31. The van der Waals surface area contributed by atoms with Crippen LogP contribution in [0.1, 0.15) is 48.8 Å². The molecule has 1 N–H and O–H groups in total. The van der Waals surface area contributed by atoms with Crippen LogP contribution >= 0.6 is 0 Å². The van der Waals surface area contributed by atoms with Crippen molar-refractivity contribution in [2.75, 3.05) is 26.0 Å². The van der Waals surface area contributed by atoms with Gasteiger partial charge in [-0.3, -0.25) is 14.6 Å². The third-order valence-electron chi connectivity index (χ3n) is 6.18. The first-order valence-corrected chi connectivity index (χ1v) is 11.6. The molecule has 1 fully saturated rings. The number of carbonyl (C=O) groups is 2. The smallest absolute Gasteiger partial charge is 0.253 e. The van der Waals surface area contributed by atoms with E-state index in [2.05, 4.69) is 10.3 Å². The quantitative estimate of drug-likeness (QED) is 0.592. The number of hydrogen-bond acceptors (Lipinski definition) is 6. The van der Waals surface area contributed by atoms with Crippen LogP contribution in [0.3, 0.4) is 0 Å². The van der Waals surface area contributed by atoms with Gasteiger partial charge in [-0.1, -0.05) is 0 Å². The molecular formula is C26H29FN6O2. The molecule has 35 heavy (non-hydrogen) atoms. The first kappa shape index (κ1) is 24.3. The second-order valence-electron chi connectivity index (χ2n) is 9.09. The van der Waals surface area contributed by atoms with E-state index in [-0.39, 0.29) is 29.3 Å². The topological polar surface area (TPSA) is 91.3 Å². The molecule has 1 saturated heterocycles. The highest BCUT2D eigenvalue weighted by atomic mass is 19.1. The number of amides is 2. The van der Waals surface area contributed by atoms with Gasteiger partial charge in [-0.2, -0.15) is 0 Å². The monoisotopic (exact) mass is 476 g/mol. The van der Waals surface area contributed by atoms with E-state index in [1.807, 2.05) is 24.0 Å². The lowest BCUT2D eigenvalue weighted by molar-refractivity contribution is -0.132. The summed E-state index contributed by atoms with van der Waals surface area (Å²) in [6.45, 7) is 4.16. The molecule has 0 aliphatic carbocycles. The number of pyridine rings is 1. The molecule has 182 valence electrons. The van der Waals surface area contributed by atoms with E-state index in [0.717, 1.165) is 18.4 Å². The Balaban J connectivity index is 1.72. The minimum atomic E-state index is -0.527. The van der Waals surface area contributed by atoms with Crippen molar-refractivity contribution in [3.63, 3.8) is 0 Å². The van der Waals surface area contributed by atoms with Crippen molar-refractivity contribution in [1.29, 1.82) is 0 Å². The number of likely N-dealkylation sites (tertiary alicyclic amines) is 1. The molecule has 2 aromatic heterocycles. The van der Waals surface area contributed by atoms with Gasteiger partial charge in [0.2, 0.25) is 5.91 Å². The van der Waals surface area contributed by atoms with Gasteiger partial charge in [0.1, 0.15) is 17.5 Å². The number of halogens is 1. The Morgan fingerprint density at radius 1 is 1.14 bits per heavy atom. The van der Waals surface area contributed by atoms with E-state index in [1.54, 1.807) is 45.5 Å². The summed E-state index contributed by atoms with van der Waals surface area (Å²) in [5.41, 5.74) is 2.12. The van der Waals surface area contributed by atoms with Crippen molar-refractivity contribution >= 4 is 23.3 Å². The van der Waals surface area contributed by atoms with Crippen LogP contribution in [0.4, 0.5) is 15.9 Å². The summed E-state index contributed by atoms with van der Waals surface area (Å²) in [5.74, 6) is 0.240. The van der Waals surface area contributed by atoms with Crippen molar-refractivity contribution in [3.05, 3.63) is 66.0 Å². The van der Waals surface area contributed by atoms with Gasteiger partial charge in [0, 0.05) is 74.8 Å². The molecule has 1 aliphatic rings. The van der Waals surface area contributed by atoms with Crippen LogP contribution in [-0.4, -0.2) is 63.2 Å². The highest BCUT2D eigenvalue weighted by molar-refractivity contribution is 5.95. The number of anilines is 2. The molecule has 4 rings (SSSR count). The molecule has 3 heterocycles. The van der Waals surface area contributed by atoms with E-state index in [0.29, 0.717) is 29.6 Å². The van der Waals surface area contributed by atoms with Crippen LogP contribution in [0.15, 0.2) is 48.8 Å². The minimum absolute atomic E-state index is 0.0295. The number of benzene rings is 1. The summed E-state index contributed by atoms with van der Waals surface area (Å²) in [6.07, 6.45) is 5.11. The fraction of sp³-hybridized carbons (Fsp3) is 0.346. The van der Waals surface area contributed by atoms with Crippen LogP contribution < -0.4 is 5.32 Å². The Hall–Kier alpha value is -3.88. The third kappa shape index (κ3) is 5.62. The summed E-state index contributed by atoms with van der Waals surface area (Å²) < 4.78 is 14.3. The van der Waals surface area contributed by atoms with Crippen molar-refractivity contribution in [3.8, 4) is 11.3 Å². The van der Waals surface area contributed by atoms with Crippen molar-refractivity contribution in [1.82, 2.24) is 24.8 Å². The van der Waals surface area contributed by atoms with E-state index in [1.165, 1.54) is 17.0 Å². The average molecular weight is 477 g/mol. The van der Waals surface area contributed by atoms with Gasteiger partial charge >= 0.3 is 0 Å². The number of aromatic nitrogens is 3. The molecule has 3 aromatic rings. The summed E-state index contributed by atoms with van der Waals surface area (Å²) >= 11 is 0. The molecule has 9 heteroatoms. The zero-order valence-corrected chi connectivity index (χ0v) is 20.3. The number of nitrogens with one attached hydrogen (secondary N) is 1. The first-order valence-electron chi connectivity index (χ1n) is 11.6. The van der Waals surface area contributed by atoms with E-state index in [4.69, 9.17) is 9.97 Å². The Morgan fingerprint density at radius 3 is 2.63 bits per heavy atom. The van der Waals surface area contributed by atoms with Gasteiger partial charge in [0.25, 0.3) is 5.91 Å². The molecule has 0 spiro atoms. The van der Waals surface area contributed by atoms with Crippen molar-refractivity contribution < 1.29 is 14.0 Å². The molecule has 0 unspecified atom stereocenters. The van der Waals surface area contributed by atoms with Gasteiger partial charge in [-0.15, -0.1) is 0 Å². The van der Waals surface area contributed by atoms with Gasteiger partial charge in [0.05, 0.1) is 5.69 Å². The van der Waals surface area contributed by atoms with Crippen molar-refractivity contribution in [2.45, 2.75) is 38.6 Å². The van der Waals surface area contributed by atoms with Crippen LogP contribution in [0.25, 0.3) is 11.3 Å². The largest absolute Gasteiger partial charge is 0.345 e. The maximum Gasteiger partial charge on any atom is 0.253 e.